The lowest BCUT2D eigenvalue weighted by Crippen LogP contribution is -2.13. The van der Waals surface area contributed by atoms with Crippen LogP contribution in [0.2, 0.25) is 0 Å². The van der Waals surface area contributed by atoms with Crippen LogP contribution in [0.4, 0.5) is 36.3 Å². The van der Waals surface area contributed by atoms with Gasteiger partial charge in [-0.3, -0.25) is 0 Å². The highest BCUT2D eigenvalue weighted by molar-refractivity contribution is 5.67. The number of nitrogens with one attached hydrogen (secondary N) is 2. The van der Waals surface area contributed by atoms with Crippen molar-refractivity contribution in [3.8, 4) is 6.07 Å². The normalized spacial score (nSPS) is 11.0. The summed E-state index contributed by atoms with van der Waals surface area (Å²) in [6.07, 6.45) is -0.760. The molecule has 2 N–H and O–H groups in total. The Morgan fingerprint density at radius 2 is 1.77 bits per heavy atom. The molecule has 0 saturated carbocycles. The van der Waals surface area contributed by atoms with E-state index in [4.69, 9.17) is 0 Å². The molecule has 3 aromatic rings. The summed E-state index contributed by atoms with van der Waals surface area (Å²) in [5.74, 6) is -0.413. The Balaban J connectivity index is 1.88. The SMILES string of the molecule is CCCCc1ccc(Nc2ncc(C(F)(F)F)c(Nc3ccccc3C#N)n2)cc1. The number of aromatic nitrogens is 2. The molecule has 0 aliphatic carbocycles. The van der Waals surface area contributed by atoms with Gasteiger partial charge in [0.05, 0.1) is 11.3 Å². The summed E-state index contributed by atoms with van der Waals surface area (Å²) in [4.78, 5) is 7.82. The van der Waals surface area contributed by atoms with Crippen molar-refractivity contribution in [2.45, 2.75) is 32.4 Å². The van der Waals surface area contributed by atoms with Crippen molar-refractivity contribution in [3.63, 3.8) is 0 Å². The minimum atomic E-state index is -4.65. The van der Waals surface area contributed by atoms with Crippen LogP contribution in [0.1, 0.15) is 36.5 Å². The van der Waals surface area contributed by atoms with E-state index in [1.165, 1.54) is 17.7 Å². The smallest absolute Gasteiger partial charge is 0.338 e. The first-order valence-electron chi connectivity index (χ1n) is 9.47. The van der Waals surface area contributed by atoms with Crippen LogP contribution in [0, 0.1) is 11.3 Å². The van der Waals surface area contributed by atoms with Crippen molar-refractivity contribution >= 4 is 23.1 Å². The van der Waals surface area contributed by atoms with Crippen LogP contribution in [0.5, 0.6) is 0 Å². The van der Waals surface area contributed by atoms with E-state index in [1.54, 1.807) is 12.1 Å². The number of hydrogen-bond acceptors (Lipinski definition) is 5. The van der Waals surface area contributed by atoms with Crippen LogP contribution < -0.4 is 10.6 Å². The van der Waals surface area contributed by atoms with Crippen LogP contribution >= 0.6 is 0 Å². The molecule has 0 unspecified atom stereocenters. The molecule has 0 saturated heterocycles. The molecule has 0 atom stereocenters. The molecule has 154 valence electrons. The fraction of sp³-hybridized carbons (Fsp3) is 0.227. The Kier molecular flexibility index (Phi) is 6.52. The second kappa shape index (κ2) is 9.27. The summed E-state index contributed by atoms with van der Waals surface area (Å²) in [7, 11) is 0. The van der Waals surface area contributed by atoms with Gasteiger partial charge in [-0.25, -0.2) is 4.98 Å². The Hall–Kier alpha value is -3.60. The van der Waals surface area contributed by atoms with E-state index in [9.17, 15) is 18.4 Å². The molecule has 0 bridgehead atoms. The molecule has 5 nitrogen and oxygen atoms in total. The van der Waals surface area contributed by atoms with Gasteiger partial charge in [0.2, 0.25) is 5.95 Å². The number of benzene rings is 2. The molecule has 1 aromatic heterocycles. The van der Waals surface area contributed by atoms with Crippen molar-refractivity contribution in [1.29, 1.82) is 5.26 Å². The van der Waals surface area contributed by atoms with Crippen LogP contribution in [0.3, 0.4) is 0 Å². The number of rotatable bonds is 7. The second-order valence-electron chi connectivity index (χ2n) is 6.66. The van der Waals surface area contributed by atoms with Crippen molar-refractivity contribution in [2.75, 3.05) is 10.6 Å². The zero-order valence-corrected chi connectivity index (χ0v) is 16.3. The molecule has 3 rings (SSSR count). The molecule has 1 heterocycles. The van der Waals surface area contributed by atoms with Gasteiger partial charge in [0, 0.05) is 11.9 Å². The lowest BCUT2D eigenvalue weighted by molar-refractivity contribution is -0.137. The van der Waals surface area contributed by atoms with Gasteiger partial charge in [0.25, 0.3) is 0 Å². The van der Waals surface area contributed by atoms with Crippen LogP contribution in [0.15, 0.2) is 54.7 Å². The third-order valence-corrected chi connectivity index (χ3v) is 4.42. The predicted molar refractivity (Wildman–Crippen MR) is 110 cm³/mol. The monoisotopic (exact) mass is 411 g/mol. The number of aryl methyl sites for hydroxylation is 1. The average Bonchev–Trinajstić information content (AvgIpc) is 2.73. The molecule has 8 heteroatoms. The number of hydrogen-bond donors (Lipinski definition) is 2. The van der Waals surface area contributed by atoms with Crippen molar-refractivity contribution in [2.24, 2.45) is 0 Å². The molecule has 0 spiro atoms. The fourth-order valence-corrected chi connectivity index (χ4v) is 2.83. The van der Waals surface area contributed by atoms with Gasteiger partial charge >= 0.3 is 6.18 Å². The first-order chi connectivity index (χ1) is 14.4. The van der Waals surface area contributed by atoms with E-state index in [-0.39, 0.29) is 17.2 Å². The Bertz CT molecular complexity index is 1040. The maximum atomic E-state index is 13.4. The minimum Gasteiger partial charge on any atom is -0.338 e. The summed E-state index contributed by atoms with van der Waals surface area (Å²) < 4.78 is 40.3. The highest BCUT2D eigenvalue weighted by Crippen LogP contribution is 2.35. The Morgan fingerprint density at radius 1 is 1.03 bits per heavy atom. The molecule has 0 amide bonds. The van der Waals surface area contributed by atoms with Gasteiger partial charge in [0.15, 0.2) is 0 Å². The minimum absolute atomic E-state index is 0.0150. The number of alkyl halides is 3. The number of para-hydroxylation sites is 1. The summed E-state index contributed by atoms with van der Waals surface area (Å²) in [6.45, 7) is 2.12. The highest BCUT2D eigenvalue weighted by Gasteiger charge is 2.35. The van der Waals surface area contributed by atoms with Crippen LogP contribution in [0.25, 0.3) is 0 Å². The van der Waals surface area contributed by atoms with Gasteiger partial charge in [-0.05, 0) is 42.7 Å². The molecule has 0 fully saturated rings. The lowest BCUT2D eigenvalue weighted by Gasteiger charge is -2.15. The quantitative estimate of drug-likeness (QED) is 0.484. The first kappa shape index (κ1) is 21.1. The summed E-state index contributed by atoms with van der Waals surface area (Å²) >= 11 is 0. The average molecular weight is 411 g/mol. The van der Waals surface area contributed by atoms with Gasteiger partial charge in [-0.1, -0.05) is 37.6 Å². The molecule has 0 radical (unpaired) electrons. The van der Waals surface area contributed by atoms with Gasteiger partial charge in [0.1, 0.15) is 17.5 Å². The van der Waals surface area contributed by atoms with E-state index < -0.39 is 17.6 Å². The summed E-state index contributed by atoms with van der Waals surface area (Å²) in [5.41, 5.74) is 1.28. The number of halogens is 3. The molecular weight excluding hydrogens is 391 g/mol. The second-order valence-corrected chi connectivity index (χ2v) is 6.66. The van der Waals surface area contributed by atoms with E-state index >= 15 is 0 Å². The van der Waals surface area contributed by atoms with Crippen molar-refractivity contribution in [3.05, 3.63) is 71.4 Å². The third kappa shape index (κ3) is 5.26. The Labute approximate surface area is 172 Å². The maximum absolute atomic E-state index is 13.4. The summed E-state index contributed by atoms with van der Waals surface area (Å²) in [6, 6.07) is 15.8. The molecule has 0 aliphatic rings. The third-order valence-electron chi connectivity index (χ3n) is 4.42. The molecule has 30 heavy (non-hydrogen) atoms. The largest absolute Gasteiger partial charge is 0.421 e. The maximum Gasteiger partial charge on any atom is 0.421 e. The standard InChI is InChI=1S/C22H20F3N5/c1-2-3-6-15-9-11-17(12-10-15)28-21-27-14-18(22(23,24)25)20(30-21)29-19-8-5-4-7-16(19)13-26/h4-5,7-12,14H,2-3,6H2,1H3,(H2,27,28,29,30). The highest BCUT2D eigenvalue weighted by atomic mass is 19.4. The van der Waals surface area contributed by atoms with Gasteiger partial charge < -0.3 is 10.6 Å². The van der Waals surface area contributed by atoms with E-state index in [0.29, 0.717) is 5.69 Å². The predicted octanol–water partition coefficient (Wildman–Crippen LogP) is 6.20. The number of unbranched alkanes of at least 4 members (excludes halogenated alkanes) is 1. The number of nitrogens with zero attached hydrogens (tertiary/aromatic N) is 3. The van der Waals surface area contributed by atoms with E-state index in [2.05, 4.69) is 27.5 Å². The molecule has 0 aliphatic heterocycles. The summed E-state index contributed by atoms with van der Waals surface area (Å²) in [5, 5.41) is 14.7. The van der Waals surface area contributed by atoms with Gasteiger partial charge in [-0.2, -0.15) is 23.4 Å². The lowest BCUT2D eigenvalue weighted by atomic mass is 10.1. The van der Waals surface area contributed by atoms with Crippen molar-refractivity contribution < 1.29 is 13.2 Å². The van der Waals surface area contributed by atoms with Crippen molar-refractivity contribution in [1.82, 2.24) is 9.97 Å². The molecular formula is C22H20F3N5. The Morgan fingerprint density at radius 3 is 2.43 bits per heavy atom. The van der Waals surface area contributed by atoms with Crippen LogP contribution in [-0.2, 0) is 12.6 Å². The number of nitriles is 1. The zero-order valence-electron chi connectivity index (χ0n) is 16.3. The van der Waals surface area contributed by atoms with Gasteiger partial charge in [-0.15, -0.1) is 0 Å². The molecule has 2 aromatic carbocycles. The fourth-order valence-electron chi connectivity index (χ4n) is 2.83. The zero-order chi connectivity index (χ0) is 21.6. The topological polar surface area (TPSA) is 73.6 Å². The first-order valence-corrected chi connectivity index (χ1v) is 9.47. The van der Waals surface area contributed by atoms with E-state index in [0.717, 1.165) is 25.5 Å². The number of anilines is 4. The van der Waals surface area contributed by atoms with Crippen LogP contribution in [-0.4, -0.2) is 9.97 Å². The van der Waals surface area contributed by atoms with E-state index in [1.807, 2.05) is 30.3 Å².